The van der Waals surface area contributed by atoms with Gasteiger partial charge in [-0.05, 0) is 25.2 Å². The van der Waals surface area contributed by atoms with Crippen molar-refractivity contribution in [2.75, 3.05) is 13.2 Å². The minimum Gasteiger partial charge on any atom is -0.449 e. The van der Waals surface area contributed by atoms with Gasteiger partial charge in [0, 0.05) is 6.54 Å². The molecule has 1 fully saturated rings. The predicted molar refractivity (Wildman–Crippen MR) is 56.2 cm³/mol. The number of carbonyl (C=O) groups excluding carboxylic acids is 1. The lowest BCUT2D eigenvalue weighted by atomic mass is 10.1. The van der Waals surface area contributed by atoms with Crippen molar-refractivity contribution in [3.05, 3.63) is 0 Å². The van der Waals surface area contributed by atoms with Crippen LogP contribution in [0.1, 0.15) is 45.4 Å². The molecule has 1 N–H and O–H groups in total. The predicted octanol–water partition coefficient (Wildman–Crippen LogP) is 2.70. The van der Waals surface area contributed by atoms with Gasteiger partial charge in [0.1, 0.15) is 0 Å². The van der Waals surface area contributed by atoms with Crippen LogP contribution in [0.5, 0.6) is 0 Å². The highest BCUT2D eigenvalue weighted by Crippen LogP contribution is 2.24. The summed E-state index contributed by atoms with van der Waals surface area (Å²) in [5.41, 5.74) is 0. The quantitative estimate of drug-likeness (QED) is 0.691. The molecule has 0 aromatic rings. The van der Waals surface area contributed by atoms with Crippen LogP contribution in [0.3, 0.4) is 0 Å². The summed E-state index contributed by atoms with van der Waals surface area (Å²) in [5, 5.41) is 2.75. The first-order valence-corrected chi connectivity index (χ1v) is 5.73. The fourth-order valence-corrected chi connectivity index (χ4v) is 1.79. The van der Waals surface area contributed by atoms with Crippen molar-refractivity contribution in [2.24, 2.45) is 5.92 Å². The van der Waals surface area contributed by atoms with Crippen molar-refractivity contribution >= 4 is 6.09 Å². The summed E-state index contributed by atoms with van der Waals surface area (Å²) >= 11 is 0. The maximum absolute atomic E-state index is 11.1. The monoisotopic (exact) mass is 199 g/mol. The van der Waals surface area contributed by atoms with E-state index in [1.165, 1.54) is 25.7 Å². The molecule has 0 atom stereocenters. The molecule has 0 saturated heterocycles. The molecule has 0 spiro atoms. The second-order valence-corrected chi connectivity index (χ2v) is 4.03. The lowest BCUT2D eigenvalue weighted by Gasteiger charge is -2.10. The maximum atomic E-state index is 11.1. The summed E-state index contributed by atoms with van der Waals surface area (Å²) in [6, 6.07) is 0. The minimum atomic E-state index is -0.245. The van der Waals surface area contributed by atoms with Gasteiger partial charge in [-0.3, -0.25) is 0 Å². The third kappa shape index (κ3) is 4.49. The number of hydrogen-bond acceptors (Lipinski definition) is 2. The van der Waals surface area contributed by atoms with Crippen molar-refractivity contribution in [1.29, 1.82) is 0 Å². The Hall–Kier alpha value is -0.730. The normalized spacial score (nSPS) is 16.9. The molecule has 0 aliphatic heterocycles. The second-order valence-electron chi connectivity index (χ2n) is 4.03. The zero-order valence-electron chi connectivity index (χ0n) is 9.05. The van der Waals surface area contributed by atoms with Gasteiger partial charge in [0.15, 0.2) is 0 Å². The lowest BCUT2D eigenvalue weighted by molar-refractivity contribution is 0.127. The topological polar surface area (TPSA) is 38.3 Å². The first-order chi connectivity index (χ1) is 6.83. The van der Waals surface area contributed by atoms with E-state index < -0.39 is 0 Å². The van der Waals surface area contributed by atoms with Crippen molar-refractivity contribution in [1.82, 2.24) is 5.32 Å². The molecule has 14 heavy (non-hydrogen) atoms. The number of alkyl carbamates (subject to hydrolysis) is 1. The van der Waals surface area contributed by atoms with Crippen LogP contribution < -0.4 is 5.32 Å². The van der Waals surface area contributed by atoms with Gasteiger partial charge in [-0.2, -0.15) is 0 Å². The Labute approximate surface area is 86.2 Å². The number of hydrogen-bond donors (Lipinski definition) is 1. The smallest absolute Gasteiger partial charge is 0.407 e. The lowest BCUT2D eigenvalue weighted by Crippen LogP contribution is -2.26. The average Bonchev–Trinajstić information content (AvgIpc) is 2.68. The summed E-state index contributed by atoms with van der Waals surface area (Å²) in [6.45, 7) is 3.45. The van der Waals surface area contributed by atoms with E-state index in [-0.39, 0.29) is 6.09 Å². The van der Waals surface area contributed by atoms with Crippen LogP contribution in [0.2, 0.25) is 0 Å². The number of nitrogens with one attached hydrogen (secondary N) is 1. The number of amides is 1. The van der Waals surface area contributed by atoms with Crippen LogP contribution >= 0.6 is 0 Å². The highest BCUT2D eigenvalue weighted by atomic mass is 16.5. The Morgan fingerprint density at radius 2 is 2.14 bits per heavy atom. The molecule has 0 aromatic heterocycles. The van der Waals surface area contributed by atoms with Crippen LogP contribution in [0, 0.1) is 5.92 Å². The Kier molecular flexibility index (Phi) is 5.42. The first kappa shape index (κ1) is 11.3. The van der Waals surface area contributed by atoms with E-state index in [0.717, 1.165) is 19.4 Å². The van der Waals surface area contributed by atoms with Gasteiger partial charge in [-0.15, -0.1) is 0 Å². The molecule has 0 aromatic carbocycles. The molecule has 0 bridgehead atoms. The number of unbranched alkanes of at least 4 members (excludes halogenated alkanes) is 1. The molecule has 3 nitrogen and oxygen atoms in total. The van der Waals surface area contributed by atoms with Gasteiger partial charge in [0.2, 0.25) is 0 Å². The molecule has 0 unspecified atom stereocenters. The minimum absolute atomic E-state index is 0.245. The SMILES string of the molecule is CCCCNC(=O)OCC1CCCC1. The Bertz CT molecular complexity index is 165. The van der Waals surface area contributed by atoms with Gasteiger partial charge < -0.3 is 10.1 Å². The number of carbonyl (C=O) groups is 1. The molecule has 1 aliphatic carbocycles. The fraction of sp³-hybridized carbons (Fsp3) is 0.909. The molecule has 1 saturated carbocycles. The molecular weight excluding hydrogens is 178 g/mol. The van der Waals surface area contributed by atoms with Crippen LogP contribution in [0.15, 0.2) is 0 Å². The van der Waals surface area contributed by atoms with E-state index in [1.54, 1.807) is 0 Å². The van der Waals surface area contributed by atoms with Crippen LogP contribution in [-0.2, 0) is 4.74 Å². The summed E-state index contributed by atoms with van der Waals surface area (Å²) < 4.78 is 5.12. The standard InChI is InChI=1S/C11H21NO2/c1-2-3-8-12-11(13)14-9-10-6-4-5-7-10/h10H,2-9H2,1H3,(H,12,13). The highest BCUT2D eigenvalue weighted by Gasteiger charge is 2.16. The van der Waals surface area contributed by atoms with Crippen LogP contribution in [0.25, 0.3) is 0 Å². The van der Waals surface area contributed by atoms with E-state index in [9.17, 15) is 4.79 Å². The summed E-state index contributed by atoms with van der Waals surface area (Å²) in [4.78, 5) is 11.1. The van der Waals surface area contributed by atoms with Gasteiger partial charge in [-0.1, -0.05) is 26.2 Å². The van der Waals surface area contributed by atoms with Gasteiger partial charge in [0.25, 0.3) is 0 Å². The third-order valence-electron chi connectivity index (χ3n) is 2.72. The van der Waals surface area contributed by atoms with Crippen LogP contribution in [0.4, 0.5) is 4.79 Å². The number of ether oxygens (including phenoxy) is 1. The number of rotatable bonds is 5. The van der Waals surface area contributed by atoms with E-state index in [4.69, 9.17) is 4.74 Å². The Morgan fingerprint density at radius 1 is 1.43 bits per heavy atom. The molecule has 82 valence electrons. The van der Waals surface area contributed by atoms with Gasteiger partial charge >= 0.3 is 6.09 Å². The molecule has 1 amide bonds. The zero-order valence-corrected chi connectivity index (χ0v) is 9.05. The van der Waals surface area contributed by atoms with E-state index in [0.29, 0.717) is 12.5 Å². The summed E-state index contributed by atoms with van der Waals surface area (Å²) in [7, 11) is 0. The Balaban J connectivity index is 1.96. The molecule has 0 heterocycles. The van der Waals surface area contributed by atoms with Crippen LogP contribution in [-0.4, -0.2) is 19.2 Å². The largest absolute Gasteiger partial charge is 0.449 e. The van der Waals surface area contributed by atoms with E-state index >= 15 is 0 Å². The summed E-state index contributed by atoms with van der Waals surface area (Å²) in [5.74, 6) is 0.618. The molecule has 3 heteroatoms. The van der Waals surface area contributed by atoms with E-state index in [1.807, 2.05) is 0 Å². The van der Waals surface area contributed by atoms with Crippen molar-refractivity contribution in [3.8, 4) is 0 Å². The van der Waals surface area contributed by atoms with Crippen molar-refractivity contribution in [3.63, 3.8) is 0 Å². The average molecular weight is 199 g/mol. The third-order valence-corrected chi connectivity index (χ3v) is 2.72. The van der Waals surface area contributed by atoms with Gasteiger partial charge in [-0.25, -0.2) is 4.79 Å². The molecule has 1 aliphatic rings. The fourth-order valence-electron chi connectivity index (χ4n) is 1.79. The molecule has 0 radical (unpaired) electrons. The molecular formula is C11H21NO2. The maximum Gasteiger partial charge on any atom is 0.407 e. The first-order valence-electron chi connectivity index (χ1n) is 5.73. The van der Waals surface area contributed by atoms with E-state index in [2.05, 4.69) is 12.2 Å². The highest BCUT2D eigenvalue weighted by molar-refractivity contribution is 5.66. The zero-order chi connectivity index (χ0) is 10.2. The second kappa shape index (κ2) is 6.68. The Morgan fingerprint density at radius 3 is 2.79 bits per heavy atom. The summed E-state index contributed by atoms with van der Waals surface area (Å²) in [6.07, 6.45) is 6.92. The van der Waals surface area contributed by atoms with Gasteiger partial charge in [0.05, 0.1) is 6.61 Å². The van der Waals surface area contributed by atoms with Crippen molar-refractivity contribution < 1.29 is 9.53 Å². The molecule has 1 rings (SSSR count). The van der Waals surface area contributed by atoms with Crippen molar-refractivity contribution in [2.45, 2.75) is 45.4 Å².